The highest BCUT2D eigenvalue weighted by molar-refractivity contribution is 5.69. The standard InChI is InChI=1S/C16H23FN2O2/c1-9(2)21-15-8-14(12(18)7-11(15)17)19-13-5-6-20-16(13)10-3-4-10/h7-10,13,16,19H,3-6,18H2,1-2H3. The van der Waals surface area contributed by atoms with Crippen molar-refractivity contribution in [2.24, 2.45) is 5.92 Å². The molecule has 0 radical (unpaired) electrons. The minimum atomic E-state index is -0.423. The number of benzene rings is 1. The largest absolute Gasteiger partial charge is 0.488 e. The van der Waals surface area contributed by atoms with Gasteiger partial charge in [0.2, 0.25) is 0 Å². The summed E-state index contributed by atoms with van der Waals surface area (Å²) in [6, 6.07) is 3.23. The molecule has 2 fully saturated rings. The number of hydrogen-bond acceptors (Lipinski definition) is 4. The van der Waals surface area contributed by atoms with E-state index >= 15 is 0 Å². The molecular formula is C16H23FN2O2. The fourth-order valence-electron chi connectivity index (χ4n) is 2.89. The number of rotatable bonds is 5. The Hall–Kier alpha value is -1.49. The normalized spacial score (nSPS) is 25.3. The van der Waals surface area contributed by atoms with Gasteiger partial charge in [-0.25, -0.2) is 4.39 Å². The van der Waals surface area contributed by atoms with Crippen LogP contribution in [0, 0.1) is 11.7 Å². The van der Waals surface area contributed by atoms with E-state index in [-0.39, 0.29) is 24.0 Å². The smallest absolute Gasteiger partial charge is 0.167 e. The van der Waals surface area contributed by atoms with Gasteiger partial charge >= 0.3 is 0 Å². The lowest BCUT2D eigenvalue weighted by atomic mass is 10.1. The summed E-state index contributed by atoms with van der Waals surface area (Å²) in [6.45, 7) is 4.52. The third-order valence-electron chi connectivity index (χ3n) is 4.03. The van der Waals surface area contributed by atoms with Crippen LogP contribution >= 0.6 is 0 Å². The fourth-order valence-corrected chi connectivity index (χ4v) is 2.89. The molecule has 116 valence electrons. The molecule has 2 aliphatic rings. The lowest BCUT2D eigenvalue weighted by Crippen LogP contribution is -2.31. The van der Waals surface area contributed by atoms with Crippen molar-refractivity contribution < 1.29 is 13.9 Å². The molecule has 1 aromatic carbocycles. The van der Waals surface area contributed by atoms with Crippen LogP contribution in [0.1, 0.15) is 33.1 Å². The second-order valence-electron chi connectivity index (χ2n) is 6.25. The SMILES string of the molecule is CC(C)Oc1cc(NC2CCOC2C2CC2)c(N)cc1F. The molecule has 1 aliphatic heterocycles. The monoisotopic (exact) mass is 294 g/mol. The first-order valence-corrected chi connectivity index (χ1v) is 7.68. The highest BCUT2D eigenvalue weighted by atomic mass is 19.1. The number of halogens is 1. The van der Waals surface area contributed by atoms with E-state index in [4.69, 9.17) is 15.2 Å². The van der Waals surface area contributed by atoms with Gasteiger partial charge in [-0.3, -0.25) is 0 Å². The van der Waals surface area contributed by atoms with Crippen molar-refractivity contribution in [3.63, 3.8) is 0 Å². The summed E-state index contributed by atoms with van der Waals surface area (Å²) in [5, 5.41) is 3.42. The molecule has 0 spiro atoms. The Kier molecular flexibility index (Phi) is 3.93. The molecule has 21 heavy (non-hydrogen) atoms. The molecule has 0 bridgehead atoms. The lowest BCUT2D eigenvalue weighted by Gasteiger charge is -2.22. The summed E-state index contributed by atoms with van der Waals surface area (Å²) >= 11 is 0. The van der Waals surface area contributed by atoms with Gasteiger partial charge in [0.25, 0.3) is 0 Å². The fraction of sp³-hybridized carbons (Fsp3) is 0.625. The van der Waals surface area contributed by atoms with Gasteiger partial charge in [0.15, 0.2) is 11.6 Å². The average Bonchev–Trinajstić information content (AvgIpc) is 3.15. The molecular weight excluding hydrogens is 271 g/mol. The van der Waals surface area contributed by atoms with Gasteiger partial charge in [-0.15, -0.1) is 0 Å². The summed E-state index contributed by atoms with van der Waals surface area (Å²) in [5.41, 5.74) is 7.07. The van der Waals surface area contributed by atoms with Crippen LogP contribution < -0.4 is 15.8 Å². The maximum absolute atomic E-state index is 13.9. The van der Waals surface area contributed by atoms with Gasteiger partial charge in [-0.05, 0) is 39.0 Å². The number of nitrogens with two attached hydrogens (primary N) is 1. The Morgan fingerprint density at radius 1 is 1.33 bits per heavy atom. The molecule has 2 unspecified atom stereocenters. The van der Waals surface area contributed by atoms with Crippen LogP contribution in [-0.2, 0) is 4.74 Å². The highest BCUT2D eigenvalue weighted by Gasteiger charge is 2.40. The first-order chi connectivity index (χ1) is 10.0. The van der Waals surface area contributed by atoms with Crippen LogP contribution in [0.4, 0.5) is 15.8 Å². The van der Waals surface area contributed by atoms with E-state index < -0.39 is 5.82 Å². The van der Waals surface area contributed by atoms with E-state index in [2.05, 4.69) is 5.32 Å². The van der Waals surface area contributed by atoms with Gasteiger partial charge in [0.1, 0.15) is 0 Å². The van der Waals surface area contributed by atoms with Crippen molar-refractivity contribution in [1.82, 2.24) is 0 Å². The van der Waals surface area contributed by atoms with Crippen LogP contribution in [0.2, 0.25) is 0 Å². The minimum Gasteiger partial charge on any atom is -0.488 e. The third-order valence-corrected chi connectivity index (χ3v) is 4.03. The Morgan fingerprint density at radius 2 is 2.10 bits per heavy atom. The Balaban J connectivity index is 1.77. The van der Waals surface area contributed by atoms with Crippen molar-refractivity contribution in [2.45, 2.75) is 51.4 Å². The second-order valence-corrected chi connectivity index (χ2v) is 6.25. The summed E-state index contributed by atoms with van der Waals surface area (Å²) in [4.78, 5) is 0. The maximum Gasteiger partial charge on any atom is 0.167 e. The Labute approximate surface area is 124 Å². The molecule has 3 N–H and O–H groups in total. The van der Waals surface area contributed by atoms with Crippen LogP contribution in [0.3, 0.4) is 0 Å². The Bertz CT molecular complexity index is 517. The number of nitrogens with one attached hydrogen (secondary N) is 1. The van der Waals surface area contributed by atoms with E-state index in [1.54, 1.807) is 6.07 Å². The van der Waals surface area contributed by atoms with Crippen molar-refractivity contribution in [2.75, 3.05) is 17.7 Å². The summed E-state index contributed by atoms with van der Waals surface area (Å²) in [5.74, 6) is 0.481. The van der Waals surface area contributed by atoms with E-state index in [1.807, 2.05) is 13.8 Å². The van der Waals surface area contributed by atoms with Crippen molar-refractivity contribution in [1.29, 1.82) is 0 Å². The molecule has 1 heterocycles. The van der Waals surface area contributed by atoms with Gasteiger partial charge in [0, 0.05) is 18.7 Å². The third kappa shape index (κ3) is 3.23. The van der Waals surface area contributed by atoms with Crippen LogP contribution in [0.5, 0.6) is 5.75 Å². The Morgan fingerprint density at radius 3 is 2.76 bits per heavy atom. The van der Waals surface area contributed by atoms with Gasteiger partial charge in [0.05, 0.1) is 29.6 Å². The van der Waals surface area contributed by atoms with Gasteiger partial charge in [-0.1, -0.05) is 0 Å². The average molecular weight is 294 g/mol. The molecule has 0 amide bonds. The summed E-state index contributed by atoms with van der Waals surface area (Å²) in [6.07, 6.45) is 3.61. The molecule has 1 aliphatic carbocycles. The molecule has 1 aromatic rings. The predicted molar refractivity (Wildman–Crippen MR) is 81.1 cm³/mol. The minimum absolute atomic E-state index is 0.0787. The van der Waals surface area contributed by atoms with E-state index in [0.717, 1.165) is 18.7 Å². The second kappa shape index (κ2) is 5.72. The van der Waals surface area contributed by atoms with E-state index in [1.165, 1.54) is 18.9 Å². The molecule has 5 heteroatoms. The number of nitrogen functional groups attached to an aromatic ring is 1. The molecule has 1 saturated carbocycles. The van der Waals surface area contributed by atoms with Crippen LogP contribution in [0.25, 0.3) is 0 Å². The summed E-state index contributed by atoms with van der Waals surface area (Å²) in [7, 11) is 0. The quantitative estimate of drug-likeness (QED) is 0.819. The van der Waals surface area contributed by atoms with Crippen molar-refractivity contribution in [3.8, 4) is 5.75 Å². The summed E-state index contributed by atoms with van der Waals surface area (Å²) < 4.78 is 25.2. The number of hydrogen-bond donors (Lipinski definition) is 2. The van der Waals surface area contributed by atoms with Crippen molar-refractivity contribution in [3.05, 3.63) is 17.9 Å². The maximum atomic E-state index is 13.9. The zero-order valence-electron chi connectivity index (χ0n) is 12.6. The number of anilines is 2. The van der Waals surface area contributed by atoms with E-state index in [9.17, 15) is 4.39 Å². The molecule has 1 saturated heterocycles. The zero-order chi connectivity index (χ0) is 15.0. The van der Waals surface area contributed by atoms with Gasteiger partial charge in [-0.2, -0.15) is 0 Å². The van der Waals surface area contributed by atoms with Gasteiger partial charge < -0.3 is 20.5 Å². The predicted octanol–water partition coefficient (Wildman–Crippen LogP) is 3.17. The molecule has 2 atom stereocenters. The van der Waals surface area contributed by atoms with Crippen LogP contribution in [-0.4, -0.2) is 24.9 Å². The first-order valence-electron chi connectivity index (χ1n) is 7.68. The van der Waals surface area contributed by atoms with Crippen LogP contribution in [0.15, 0.2) is 12.1 Å². The molecule has 3 rings (SSSR count). The van der Waals surface area contributed by atoms with E-state index in [0.29, 0.717) is 11.6 Å². The molecule has 4 nitrogen and oxygen atoms in total. The highest BCUT2D eigenvalue weighted by Crippen LogP contribution is 2.40. The zero-order valence-corrected chi connectivity index (χ0v) is 12.6. The number of ether oxygens (including phenoxy) is 2. The lowest BCUT2D eigenvalue weighted by molar-refractivity contribution is 0.0898. The first kappa shape index (κ1) is 14.4. The van der Waals surface area contributed by atoms with Crippen molar-refractivity contribution >= 4 is 11.4 Å². The molecule has 0 aromatic heterocycles. The topological polar surface area (TPSA) is 56.5 Å².